The number of ketones is 1. The summed E-state index contributed by atoms with van der Waals surface area (Å²) in [7, 11) is 3.37. The van der Waals surface area contributed by atoms with Gasteiger partial charge in [0.1, 0.15) is 22.1 Å². The molecular weight excluding hydrogens is 532 g/mol. The molecule has 0 bridgehead atoms. The number of aromatic amines is 1. The Kier molecular flexibility index (Phi) is 6.92. The van der Waals surface area contributed by atoms with Crippen molar-refractivity contribution in [3.63, 3.8) is 0 Å². The number of carbonyl (C=O) groups excluding carboxylic acids is 2. The van der Waals surface area contributed by atoms with E-state index in [2.05, 4.69) is 35.8 Å². The number of benzene rings is 1. The van der Waals surface area contributed by atoms with Gasteiger partial charge in [0.2, 0.25) is 5.95 Å². The van der Waals surface area contributed by atoms with E-state index in [9.17, 15) is 9.59 Å². The number of ether oxygens (including phenoxy) is 1. The lowest BCUT2D eigenvalue weighted by Crippen LogP contribution is -2.51. The highest BCUT2D eigenvalue weighted by Gasteiger charge is 2.31. The van der Waals surface area contributed by atoms with Crippen LogP contribution in [0.3, 0.4) is 0 Å². The fraction of sp³-hybridized carbons (Fsp3) is 0.269. The average Bonchev–Trinajstić information content (AvgIpc) is 3.77. The van der Waals surface area contributed by atoms with Gasteiger partial charge in [-0.25, -0.2) is 9.97 Å². The maximum absolute atomic E-state index is 13.5. The van der Waals surface area contributed by atoms with Crippen molar-refractivity contribution in [3.8, 4) is 22.8 Å². The zero-order valence-electron chi connectivity index (χ0n) is 21.9. The highest BCUT2D eigenvalue weighted by molar-refractivity contribution is 7.09. The van der Waals surface area contributed by atoms with Gasteiger partial charge in [0.05, 0.1) is 35.5 Å². The van der Waals surface area contributed by atoms with Crippen molar-refractivity contribution in [3.05, 3.63) is 58.7 Å². The third kappa shape index (κ3) is 4.56. The molecule has 14 heteroatoms. The van der Waals surface area contributed by atoms with Crippen LogP contribution in [0, 0.1) is 0 Å². The number of thiazole rings is 1. The molecule has 13 nitrogen and oxygen atoms in total. The van der Waals surface area contributed by atoms with Gasteiger partial charge >= 0.3 is 0 Å². The summed E-state index contributed by atoms with van der Waals surface area (Å²) < 4.78 is 7.19. The number of rotatable bonds is 8. The summed E-state index contributed by atoms with van der Waals surface area (Å²) >= 11 is 1.52. The van der Waals surface area contributed by atoms with E-state index in [4.69, 9.17) is 4.74 Å². The third-order valence-electron chi connectivity index (χ3n) is 6.76. The molecule has 4 aromatic heterocycles. The Morgan fingerprint density at radius 1 is 1.15 bits per heavy atom. The number of hydrogen-bond acceptors (Lipinski definition) is 11. The Morgan fingerprint density at radius 2 is 1.95 bits per heavy atom. The van der Waals surface area contributed by atoms with E-state index in [1.54, 1.807) is 22.0 Å². The first-order chi connectivity index (χ1) is 19.6. The first-order valence-corrected chi connectivity index (χ1v) is 13.5. The number of amides is 1. The van der Waals surface area contributed by atoms with Crippen molar-refractivity contribution < 1.29 is 14.3 Å². The fourth-order valence-electron chi connectivity index (χ4n) is 4.78. The van der Waals surface area contributed by atoms with Gasteiger partial charge in [-0.3, -0.25) is 9.59 Å². The number of nitrogens with one attached hydrogen (secondary N) is 2. The minimum absolute atomic E-state index is 0.238. The summed E-state index contributed by atoms with van der Waals surface area (Å²) in [6.45, 7) is 2.31. The van der Waals surface area contributed by atoms with Crippen molar-refractivity contribution in [2.45, 2.75) is 6.54 Å². The minimum Gasteiger partial charge on any atom is -0.494 e. The van der Waals surface area contributed by atoms with Crippen LogP contribution in [0.2, 0.25) is 0 Å². The maximum atomic E-state index is 13.5. The first kappa shape index (κ1) is 25.6. The van der Waals surface area contributed by atoms with Crippen molar-refractivity contribution in [1.29, 1.82) is 0 Å². The monoisotopic (exact) mass is 558 g/mol. The number of piperazine rings is 1. The molecular formula is C26H26N10O3S. The lowest BCUT2D eigenvalue weighted by molar-refractivity contribution is -0.126. The molecule has 40 heavy (non-hydrogen) atoms. The number of hydrogen-bond donors (Lipinski definition) is 2. The summed E-state index contributed by atoms with van der Waals surface area (Å²) in [5.74, 6) is -0.197. The summed E-state index contributed by atoms with van der Waals surface area (Å²) in [6.07, 6.45) is 3.10. The molecule has 0 atom stereocenters. The van der Waals surface area contributed by atoms with Crippen LogP contribution in [0.4, 0.5) is 5.95 Å². The average molecular weight is 559 g/mol. The Balaban J connectivity index is 1.22. The van der Waals surface area contributed by atoms with Crippen LogP contribution in [-0.2, 0) is 11.3 Å². The number of nitrogens with zero attached hydrogens (tertiary/aromatic N) is 8. The lowest BCUT2D eigenvalue weighted by Gasteiger charge is -2.34. The predicted molar refractivity (Wildman–Crippen MR) is 149 cm³/mol. The smallest absolute Gasteiger partial charge is 0.295 e. The molecule has 1 aliphatic heterocycles. The van der Waals surface area contributed by atoms with Crippen LogP contribution in [0.5, 0.6) is 5.75 Å². The van der Waals surface area contributed by atoms with Gasteiger partial charge in [-0.15, -0.1) is 11.3 Å². The summed E-state index contributed by atoms with van der Waals surface area (Å²) in [5.41, 5.74) is 2.94. The Bertz CT molecular complexity index is 1670. The van der Waals surface area contributed by atoms with Crippen molar-refractivity contribution in [2.75, 3.05) is 45.2 Å². The molecule has 0 spiro atoms. The van der Waals surface area contributed by atoms with E-state index in [0.29, 0.717) is 66.7 Å². The van der Waals surface area contributed by atoms with Crippen molar-refractivity contribution in [1.82, 2.24) is 45.4 Å². The van der Waals surface area contributed by atoms with Gasteiger partial charge < -0.3 is 24.8 Å². The second-order valence-corrected chi connectivity index (χ2v) is 10.1. The molecule has 1 amide bonds. The summed E-state index contributed by atoms with van der Waals surface area (Å²) in [6, 6.07) is 9.60. The molecule has 204 valence electrons. The maximum Gasteiger partial charge on any atom is 0.295 e. The van der Waals surface area contributed by atoms with Crippen molar-refractivity contribution in [2.24, 2.45) is 0 Å². The van der Waals surface area contributed by atoms with Crippen LogP contribution >= 0.6 is 11.3 Å². The Morgan fingerprint density at radius 3 is 2.70 bits per heavy atom. The topological polar surface area (TPSA) is 147 Å². The number of methoxy groups -OCH3 is 1. The van der Waals surface area contributed by atoms with Crippen LogP contribution in [-0.4, -0.2) is 92.1 Å². The molecule has 1 aliphatic rings. The lowest BCUT2D eigenvalue weighted by atomic mass is 10.1. The molecule has 0 radical (unpaired) electrons. The van der Waals surface area contributed by atoms with E-state index in [0.717, 1.165) is 10.7 Å². The second-order valence-electron chi connectivity index (χ2n) is 9.12. The quantitative estimate of drug-likeness (QED) is 0.214. The van der Waals surface area contributed by atoms with Gasteiger partial charge in [-0.1, -0.05) is 23.3 Å². The number of aromatic nitrogens is 7. The fourth-order valence-corrected chi connectivity index (χ4v) is 5.57. The number of pyridine rings is 1. The van der Waals surface area contributed by atoms with Gasteiger partial charge in [0.15, 0.2) is 0 Å². The zero-order valence-corrected chi connectivity index (χ0v) is 22.7. The molecule has 2 N–H and O–H groups in total. The largest absolute Gasteiger partial charge is 0.494 e. The number of H-pyrrole nitrogens is 1. The number of fused-ring (bicyclic) bond motifs is 1. The van der Waals surface area contributed by atoms with E-state index in [1.807, 2.05) is 47.7 Å². The SMILES string of the molecule is CNCc1nc(-c2ncc(OC)c3c(C(=O)C(=O)N4CCN(c5nnnn5-c5ccccc5)CC4)c[nH]c23)cs1. The summed E-state index contributed by atoms with van der Waals surface area (Å²) in [4.78, 5) is 42.8. The molecule has 1 aromatic carbocycles. The van der Waals surface area contributed by atoms with E-state index < -0.39 is 11.7 Å². The van der Waals surface area contributed by atoms with E-state index >= 15 is 0 Å². The molecule has 1 saturated heterocycles. The molecule has 5 aromatic rings. The number of para-hydroxylation sites is 1. The molecule has 0 saturated carbocycles. The molecule has 1 fully saturated rings. The Labute approximate surface area is 232 Å². The van der Waals surface area contributed by atoms with Crippen molar-refractivity contribution >= 4 is 39.9 Å². The number of anilines is 1. The van der Waals surface area contributed by atoms with Crippen LogP contribution in [0.25, 0.3) is 28.0 Å². The van der Waals surface area contributed by atoms with Gasteiger partial charge in [0, 0.05) is 44.3 Å². The standard InChI is InChI=1S/C26H26N10O3S/c1-27-14-20-30-18(15-40-20)22-23-21(19(39-2)13-29-22)17(12-28-23)24(37)25(38)34-8-10-35(11-9-34)26-31-32-33-36(26)16-6-4-3-5-7-16/h3-7,12-13,15,27-28H,8-11,14H2,1-2H3. The molecule has 5 heterocycles. The van der Waals surface area contributed by atoms with E-state index in [-0.39, 0.29) is 5.56 Å². The number of Topliss-reactive ketones (excluding diaryl/α,β-unsaturated/α-hetero) is 1. The molecule has 6 rings (SSSR count). The van der Waals surface area contributed by atoms with Crippen LogP contribution in [0.15, 0.2) is 48.1 Å². The van der Waals surface area contributed by atoms with Gasteiger partial charge in [-0.05, 0) is 29.6 Å². The van der Waals surface area contributed by atoms with Crippen LogP contribution < -0.4 is 15.0 Å². The number of carbonyl (C=O) groups is 2. The third-order valence-corrected chi connectivity index (χ3v) is 7.61. The molecule has 0 aliphatic carbocycles. The second kappa shape index (κ2) is 10.8. The summed E-state index contributed by atoms with van der Waals surface area (Å²) in [5, 5.41) is 18.6. The van der Waals surface area contributed by atoms with E-state index in [1.165, 1.54) is 18.4 Å². The molecule has 0 unspecified atom stereocenters. The highest BCUT2D eigenvalue weighted by Crippen LogP contribution is 2.35. The zero-order chi connectivity index (χ0) is 27.6. The minimum atomic E-state index is -0.613. The first-order valence-electron chi connectivity index (χ1n) is 12.6. The van der Waals surface area contributed by atoms with Gasteiger partial charge in [0.25, 0.3) is 11.7 Å². The normalized spacial score (nSPS) is 13.7. The Hall–Kier alpha value is -4.69. The number of tetrazole rings is 1. The highest BCUT2D eigenvalue weighted by atomic mass is 32.1. The van der Waals surface area contributed by atoms with Gasteiger partial charge in [-0.2, -0.15) is 4.68 Å². The van der Waals surface area contributed by atoms with Crippen LogP contribution in [0.1, 0.15) is 15.4 Å². The predicted octanol–water partition coefficient (Wildman–Crippen LogP) is 1.92.